The van der Waals surface area contributed by atoms with Crippen molar-refractivity contribution in [2.75, 3.05) is 5.73 Å². The van der Waals surface area contributed by atoms with Crippen LogP contribution in [0.1, 0.15) is 31.1 Å². The second kappa shape index (κ2) is 2.76. The Morgan fingerprint density at radius 3 is 2.31 bits per heavy atom. The van der Waals surface area contributed by atoms with Crippen LogP contribution in [0, 0.1) is 0 Å². The molecule has 0 aliphatic rings. The molecule has 0 saturated carbocycles. The Morgan fingerprint density at radius 2 is 2.08 bits per heavy atom. The van der Waals surface area contributed by atoms with Gasteiger partial charge in [-0.1, -0.05) is 0 Å². The molecule has 1 amide bonds. The van der Waals surface area contributed by atoms with Gasteiger partial charge < -0.3 is 11.5 Å². The summed E-state index contributed by atoms with van der Waals surface area (Å²) < 4.78 is 1.58. The average molecular weight is 182 g/mol. The molecule has 0 bridgehead atoms. The van der Waals surface area contributed by atoms with Crippen LogP contribution in [0.4, 0.5) is 5.82 Å². The molecule has 0 aromatic carbocycles. The van der Waals surface area contributed by atoms with Gasteiger partial charge in [0.2, 0.25) is 0 Å². The first-order chi connectivity index (χ1) is 5.84. The molecule has 0 aliphatic heterocycles. The number of hydrogen-bond donors (Lipinski definition) is 2. The Bertz CT molecular complexity index is 334. The molecule has 1 heterocycles. The number of nitrogens with zero attached hydrogens (tertiary/aromatic N) is 2. The number of anilines is 1. The number of primary amides is 1. The summed E-state index contributed by atoms with van der Waals surface area (Å²) in [6.45, 7) is 5.84. The van der Waals surface area contributed by atoms with Crippen LogP contribution in [0.2, 0.25) is 0 Å². The van der Waals surface area contributed by atoms with Crippen molar-refractivity contribution in [3.05, 3.63) is 11.8 Å². The first kappa shape index (κ1) is 9.57. The fourth-order valence-corrected chi connectivity index (χ4v) is 1.08. The summed E-state index contributed by atoms with van der Waals surface area (Å²) >= 11 is 0. The highest BCUT2D eigenvalue weighted by Gasteiger charge is 2.20. The highest BCUT2D eigenvalue weighted by atomic mass is 16.1. The first-order valence-corrected chi connectivity index (χ1v) is 3.98. The third-order valence-corrected chi connectivity index (χ3v) is 1.71. The van der Waals surface area contributed by atoms with Crippen LogP contribution in [-0.2, 0) is 5.54 Å². The molecule has 0 atom stereocenters. The molecule has 0 unspecified atom stereocenters. The molecule has 13 heavy (non-hydrogen) atoms. The molecule has 1 aromatic heterocycles. The van der Waals surface area contributed by atoms with E-state index in [1.54, 1.807) is 4.68 Å². The smallest absolute Gasteiger partial charge is 0.254 e. The zero-order valence-corrected chi connectivity index (χ0v) is 8.03. The summed E-state index contributed by atoms with van der Waals surface area (Å²) in [7, 11) is 0. The third kappa shape index (κ3) is 1.63. The van der Waals surface area contributed by atoms with E-state index in [1.165, 1.54) is 6.20 Å². The predicted octanol–water partition coefficient (Wildman–Crippen LogP) is 0.319. The minimum absolute atomic E-state index is 0.238. The lowest BCUT2D eigenvalue weighted by atomic mass is 10.1. The number of hydrogen-bond acceptors (Lipinski definition) is 3. The molecule has 0 aliphatic carbocycles. The fraction of sp³-hybridized carbons (Fsp3) is 0.500. The molecule has 0 saturated heterocycles. The highest BCUT2D eigenvalue weighted by molar-refractivity contribution is 5.96. The maximum Gasteiger partial charge on any atom is 0.254 e. The van der Waals surface area contributed by atoms with Gasteiger partial charge in [0.15, 0.2) is 0 Å². The number of amides is 1. The second-order valence-electron chi connectivity index (χ2n) is 3.89. The summed E-state index contributed by atoms with van der Waals surface area (Å²) in [5.41, 5.74) is 10.8. The molecule has 4 N–H and O–H groups in total. The van der Waals surface area contributed by atoms with Crippen molar-refractivity contribution >= 4 is 11.7 Å². The van der Waals surface area contributed by atoms with Gasteiger partial charge in [-0.3, -0.25) is 4.79 Å². The van der Waals surface area contributed by atoms with Crippen LogP contribution >= 0.6 is 0 Å². The van der Waals surface area contributed by atoms with E-state index in [1.807, 2.05) is 20.8 Å². The number of carbonyl (C=O) groups is 1. The van der Waals surface area contributed by atoms with Crippen molar-refractivity contribution in [2.45, 2.75) is 26.3 Å². The molecule has 0 spiro atoms. The largest absolute Gasteiger partial charge is 0.383 e. The molecule has 72 valence electrons. The fourth-order valence-electron chi connectivity index (χ4n) is 1.08. The summed E-state index contributed by atoms with van der Waals surface area (Å²) in [4.78, 5) is 10.9. The van der Waals surface area contributed by atoms with E-state index in [4.69, 9.17) is 11.5 Å². The quantitative estimate of drug-likeness (QED) is 0.655. The van der Waals surface area contributed by atoms with Gasteiger partial charge in [0.1, 0.15) is 11.4 Å². The van der Waals surface area contributed by atoms with Crippen molar-refractivity contribution in [3.63, 3.8) is 0 Å². The Hall–Kier alpha value is -1.52. The predicted molar refractivity (Wildman–Crippen MR) is 50.2 cm³/mol. The monoisotopic (exact) mass is 182 g/mol. The van der Waals surface area contributed by atoms with Gasteiger partial charge in [-0.25, -0.2) is 4.68 Å². The standard InChI is InChI=1S/C8H14N4O/c1-8(2,3)12-6(9)5(4-11-12)7(10)13/h4H,9H2,1-3H3,(H2,10,13). The normalized spacial score (nSPS) is 11.6. The van der Waals surface area contributed by atoms with E-state index in [0.717, 1.165) is 0 Å². The van der Waals surface area contributed by atoms with Crippen molar-refractivity contribution in [1.82, 2.24) is 9.78 Å². The van der Waals surface area contributed by atoms with Crippen LogP contribution in [0.3, 0.4) is 0 Å². The van der Waals surface area contributed by atoms with Gasteiger partial charge in [-0.2, -0.15) is 5.10 Å². The van der Waals surface area contributed by atoms with Gasteiger partial charge in [0, 0.05) is 0 Å². The van der Waals surface area contributed by atoms with Gasteiger partial charge in [0.05, 0.1) is 11.7 Å². The van der Waals surface area contributed by atoms with E-state index >= 15 is 0 Å². The van der Waals surface area contributed by atoms with Gasteiger partial charge in [-0.15, -0.1) is 0 Å². The van der Waals surface area contributed by atoms with E-state index in [2.05, 4.69) is 5.10 Å². The lowest BCUT2D eigenvalue weighted by Crippen LogP contribution is -2.25. The minimum Gasteiger partial charge on any atom is -0.383 e. The molecule has 5 heteroatoms. The summed E-state index contributed by atoms with van der Waals surface area (Å²) in [6.07, 6.45) is 1.39. The van der Waals surface area contributed by atoms with E-state index in [-0.39, 0.29) is 11.1 Å². The first-order valence-electron chi connectivity index (χ1n) is 3.98. The molecule has 5 nitrogen and oxygen atoms in total. The number of aromatic nitrogens is 2. The van der Waals surface area contributed by atoms with E-state index in [9.17, 15) is 4.79 Å². The van der Waals surface area contributed by atoms with Crippen molar-refractivity contribution in [2.24, 2.45) is 5.73 Å². The molecule has 0 radical (unpaired) electrons. The summed E-state index contributed by atoms with van der Waals surface area (Å²) in [5.74, 6) is -0.229. The molecular formula is C8H14N4O. The average Bonchev–Trinajstić information content (AvgIpc) is 2.28. The number of rotatable bonds is 1. The molecular weight excluding hydrogens is 168 g/mol. The zero-order chi connectivity index (χ0) is 10.2. The lowest BCUT2D eigenvalue weighted by Gasteiger charge is -2.20. The zero-order valence-electron chi connectivity index (χ0n) is 8.03. The van der Waals surface area contributed by atoms with Crippen molar-refractivity contribution in [1.29, 1.82) is 0 Å². The summed E-state index contributed by atoms with van der Waals surface area (Å²) in [5, 5.41) is 4.00. The molecule has 1 aromatic rings. The topological polar surface area (TPSA) is 86.9 Å². The second-order valence-corrected chi connectivity index (χ2v) is 3.89. The Balaban J connectivity index is 3.22. The third-order valence-electron chi connectivity index (χ3n) is 1.71. The van der Waals surface area contributed by atoms with Crippen molar-refractivity contribution < 1.29 is 4.79 Å². The van der Waals surface area contributed by atoms with Gasteiger partial charge in [-0.05, 0) is 20.8 Å². The lowest BCUT2D eigenvalue weighted by molar-refractivity contribution is 0.100. The number of nitrogens with two attached hydrogens (primary N) is 2. The molecule has 0 fully saturated rings. The van der Waals surface area contributed by atoms with Crippen LogP contribution in [-0.4, -0.2) is 15.7 Å². The van der Waals surface area contributed by atoms with Gasteiger partial charge >= 0.3 is 0 Å². The molecule has 1 rings (SSSR count). The van der Waals surface area contributed by atoms with Crippen LogP contribution < -0.4 is 11.5 Å². The Kier molecular flexibility index (Phi) is 2.03. The van der Waals surface area contributed by atoms with E-state index < -0.39 is 5.91 Å². The van der Waals surface area contributed by atoms with Crippen LogP contribution in [0.15, 0.2) is 6.20 Å². The Labute approximate surface area is 76.7 Å². The van der Waals surface area contributed by atoms with Crippen LogP contribution in [0.5, 0.6) is 0 Å². The maximum atomic E-state index is 10.9. The van der Waals surface area contributed by atoms with Gasteiger partial charge in [0.25, 0.3) is 5.91 Å². The van der Waals surface area contributed by atoms with Crippen molar-refractivity contribution in [3.8, 4) is 0 Å². The van der Waals surface area contributed by atoms with E-state index in [0.29, 0.717) is 5.82 Å². The minimum atomic E-state index is -0.548. The Morgan fingerprint density at radius 1 is 1.54 bits per heavy atom. The number of carbonyl (C=O) groups excluding carboxylic acids is 1. The van der Waals surface area contributed by atoms with Crippen LogP contribution in [0.25, 0.3) is 0 Å². The maximum absolute atomic E-state index is 10.9. The SMILES string of the molecule is CC(C)(C)n1ncc(C(N)=O)c1N. The summed E-state index contributed by atoms with van der Waals surface area (Å²) in [6, 6.07) is 0. The number of nitrogen functional groups attached to an aromatic ring is 1. The highest BCUT2D eigenvalue weighted by Crippen LogP contribution is 2.20.